The Balaban J connectivity index is 1.15. The van der Waals surface area contributed by atoms with E-state index in [9.17, 15) is 30.0 Å². The zero-order valence-electron chi connectivity index (χ0n) is 21.3. The maximum absolute atomic E-state index is 12.9. The number of esters is 2. The Bertz CT molecular complexity index is 1120. The van der Waals surface area contributed by atoms with Crippen LogP contribution in [0.5, 0.6) is 23.5 Å². The summed E-state index contributed by atoms with van der Waals surface area (Å²) < 4.78 is 13.6. The molecule has 5 rings (SSSR count). The highest BCUT2D eigenvalue weighted by atomic mass is 16.5. The molecular weight excluding hydrogens is 492 g/mol. The van der Waals surface area contributed by atoms with Crippen LogP contribution in [0.25, 0.3) is 0 Å². The first-order valence-corrected chi connectivity index (χ1v) is 13.3. The Kier molecular flexibility index (Phi) is 7.40. The SMILES string of the molecule is O=C(OCCn1c(O)c2c(c1O)CC=CC2)C1CCCCC1C(=O)OCCn1c(O)c2c(c1O)CC=CC2. The van der Waals surface area contributed by atoms with E-state index >= 15 is 0 Å². The number of hydrogen-bond donors (Lipinski definition) is 4. The van der Waals surface area contributed by atoms with Crippen LogP contribution < -0.4 is 0 Å². The van der Waals surface area contributed by atoms with E-state index in [2.05, 4.69) is 0 Å². The second-order valence-electron chi connectivity index (χ2n) is 10.1. The molecule has 1 fully saturated rings. The molecule has 3 aliphatic carbocycles. The average molecular weight is 527 g/mol. The molecule has 10 heteroatoms. The van der Waals surface area contributed by atoms with Crippen LogP contribution >= 0.6 is 0 Å². The Hall–Kier alpha value is -3.82. The zero-order chi connectivity index (χ0) is 26.8. The third-order valence-corrected chi connectivity index (χ3v) is 7.94. The largest absolute Gasteiger partial charge is 0.494 e. The number of ether oxygens (including phenoxy) is 2. The maximum atomic E-state index is 12.9. The molecule has 0 amide bonds. The monoisotopic (exact) mass is 526 g/mol. The summed E-state index contributed by atoms with van der Waals surface area (Å²) in [5.41, 5.74) is 2.74. The minimum absolute atomic E-state index is 0.0195. The fraction of sp³-hybridized carbons (Fsp3) is 0.500. The standard InChI is InChI=1S/C28H34N2O8/c31-23-17-7-1-2-8-18(17)24(32)29(23)13-15-37-27(35)21-11-5-6-12-22(21)28(36)38-16-14-30-25(33)19-9-3-4-10-20(19)26(30)34/h1-4,21-22,31-34H,5-16H2. The van der Waals surface area contributed by atoms with Crippen molar-refractivity contribution >= 4 is 11.9 Å². The quantitative estimate of drug-likeness (QED) is 0.304. The van der Waals surface area contributed by atoms with Gasteiger partial charge in [-0.3, -0.25) is 18.7 Å². The molecule has 0 radical (unpaired) electrons. The molecule has 2 aromatic heterocycles. The van der Waals surface area contributed by atoms with Crippen LogP contribution in [0.15, 0.2) is 24.3 Å². The average Bonchev–Trinajstić information content (AvgIpc) is 3.33. The number of aromatic hydroxyl groups is 4. The minimum Gasteiger partial charge on any atom is -0.494 e. The normalized spacial score (nSPS) is 20.1. The highest BCUT2D eigenvalue weighted by Crippen LogP contribution is 2.38. The van der Waals surface area contributed by atoms with Crippen molar-refractivity contribution in [1.29, 1.82) is 0 Å². The van der Waals surface area contributed by atoms with Crippen LogP contribution in [-0.2, 0) is 57.8 Å². The summed E-state index contributed by atoms with van der Waals surface area (Å²) in [6.45, 7) is 0.0962. The summed E-state index contributed by atoms with van der Waals surface area (Å²) >= 11 is 0. The molecular formula is C28H34N2O8. The van der Waals surface area contributed by atoms with Crippen molar-refractivity contribution in [2.45, 2.75) is 64.5 Å². The van der Waals surface area contributed by atoms with Gasteiger partial charge < -0.3 is 29.9 Å². The van der Waals surface area contributed by atoms with Crippen molar-refractivity contribution in [2.75, 3.05) is 13.2 Å². The number of fused-ring (bicyclic) bond motifs is 2. The lowest BCUT2D eigenvalue weighted by Gasteiger charge is -2.28. The highest BCUT2D eigenvalue weighted by molar-refractivity contribution is 5.82. The van der Waals surface area contributed by atoms with E-state index in [4.69, 9.17) is 9.47 Å². The smallest absolute Gasteiger partial charge is 0.309 e. The van der Waals surface area contributed by atoms with E-state index in [1.54, 1.807) is 0 Å². The topological polar surface area (TPSA) is 143 Å². The van der Waals surface area contributed by atoms with Gasteiger partial charge in [-0.05, 0) is 38.5 Å². The number of carbonyl (C=O) groups is 2. The predicted molar refractivity (Wildman–Crippen MR) is 136 cm³/mol. The molecule has 0 spiro atoms. The van der Waals surface area contributed by atoms with Gasteiger partial charge in [-0.1, -0.05) is 37.1 Å². The van der Waals surface area contributed by atoms with Crippen LogP contribution in [-0.4, -0.2) is 54.7 Å². The molecule has 2 unspecified atom stereocenters. The van der Waals surface area contributed by atoms with Gasteiger partial charge in [0.15, 0.2) is 23.5 Å². The summed E-state index contributed by atoms with van der Waals surface area (Å²) in [5, 5.41) is 41.8. The molecule has 0 bridgehead atoms. The summed E-state index contributed by atoms with van der Waals surface area (Å²) in [6.07, 6.45) is 12.5. The molecule has 2 heterocycles. The van der Waals surface area contributed by atoms with Crippen LogP contribution in [0.4, 0.5) is 0 Å². The Morgan fingerprint density at radius 1 is 0.632 bits per heavy atom. The van der Waals surface area contributed by atoms with Crippen LogP contribution in [0, 0.1) is 11.8 Å². The summed E-state index contributed by atoms with van der Waals surface area (Å²) in [6, 6.07) is 0. The molecule has 2 aromatic rings. The van der Waals surface area contributed by atoms with Gasteiger partial charge >= 0.3 is 11.9 Å². The molecule has 204 valence electrons. The van der Waals surface area contributed by atoms with Gasteiger partial charge in [0, 0.05) is 22.3 Å². The molecule has 0 saturated heterocycles. The van der Waals surface area contributed by atoms with Gasteiger partial charge in [-0.2, -0.15) is 0 Å². The molecule has 0 aliphatic heterocycles. The molecule has 2 atom stereocenters. The van der Waals surface area contributed by atoms with Gasteiger partial charge in [0.05, 0.1) is 24.9 Å². The van der Waals surface area contributed by atoms with Gasteiger partial charge in [-0.25, -0.2) is 0 Å². The Labute approximate surface area is 220 Å². The number of rotatable bonds is 8. The Morgan fingerprint density at radius 2 is 0.947 bits per heavy atom. The predicted octanol–water partition coefficient (Wildman–Crippen LogP) is 3.01. The van der Waals surface area contributed by atoms with Crippen LogP contribution in [0.1, 0.15) is 47.9 Å². The fourth-order valence-electron chi connectivity index (χ4n) is 5.86. The first-order valence-electron chi connectivity index (χ1n) is 13.3. The van der Waals surface area contributed by atoms with Crippen molar-refractivity contribution in [3.63, 3.8) is 0 Å². The number of hydrogen-bond acceptors (Lipinski definition) is 8. The van der Waals surface area contributed by atoms with E-state index in [1.807, 2.05) is 24.3 Å². The molecule has 4 N–H and O–H groups in total. The maximum Gasteiger partial charge on any atom is 0.309 e. The molecule has 38 heavy (non-hydrogen) atoms. The van der Waals surface area contributed by atoms with E-state index < -0.39 is 23.8 Å². The Morgan fingerprint density at radius 3 is 1.26 bits per heavy atom. The van der Waals surface area contributed by atoms with Crippen LogP contribution in [0.3, 0.4) is 0 Å². The van der Waals surface area contributed by atoms with Gasteiger partial charge in [-0.15, -0.1) is 0 Å². The van der Waals surface area contributed by atoms with Gasteiger partial charge in [0.2, 0.25) is 0 Å². The number of aromatic nitrogens is 2. The summed E-state index contributed by atoms with van der Waals surface area (Å²) in [5.74, 6) is -2.33. The van der Waals surface area contributed by atoms with E-state index in [1.165, 1.54) is 9.13 Å². The van der Waals surface area contributed by atoms with E-state index in [-0.39, 0.29) is 49.8 Å². The highest BCUT2D eigenvalue weighted by Gasteiger charge is 2.38. The molecule has 10 nitrogen and oxygen atoms in total. The van der Waals surface area contributed by atoms with E-state index in [0.29, 0.717) is 60.8 Å². The second kappa shape index (κ2) is 10.9. The lowest BCUT2D eigenvalue weighted by molar-refractivity contribution is -0.163. The van der Waals surface area contributed by atoms with E-state index in [0.717, 1.165) is 12.8 Å². The number of allylic oxidation sites excluding steroid dienone is 4. The van der Waals surface area contributed by atoms with Crippen molar-refractivity contribution in [3.05, 3.63) is 46.6 Å². The molecule has 1 saturated carbocycles. The summed E-state index contributed by atoms with van der Waals surface area (Å²) in [7, 11) is 0. The van der Waals surface area contributed by atoms with Crippen molar-refractivity contribution in [2.24, 2.45) is 11.8 Å². The minimum atomic E-state index is -0.632. The van der Waals surface area contributed by atoms with Crippen molar-refractivity contribution in [3.8, 4) is 23.5 Å². The lowest BCUT2D eigenvalue weighted by atomic mass is 9.79. The first kappa shape index (κ1) is 25.8. The second-order valence-corrected chi connectivity index (χ2v) is 10.1. The third-order valence-electron chi connectivity index (χ3n) is 7.94. The summed E-state index contributed by atoms with van der Waals surface area (Å²) in [4.78, 5) is 25.8. The first-order chi connectivity index (χ1) is 18.4. The third kappa shape index (κ3) is 4.75. The molecule has 0 aromatic carbocycles. The number of carbonyl (C=O) groups excluding carboxylic acids is 2. The zero-order valence-corrected chi connectivity index (χ0v) is 21.3. The lowest BCUT2D eigenvalue weighted by Crippen LogP contribution is -2.35. The fourth-order valence-corrected chi connectivity index (χ4v) is 5.86. The van der Waals surface area contributed by atoms with Crippen molar-refractivity contribution in [1.82, 2.24) is 9.13 Å². The van der Waals surface area contributed by atoms with Gasteiger partial charge in [0.1, 0.15) is 13.2 Å². The van der Waals surface area contributed by atoms with Crippen LogP contribution in [0.2, 0.25) is 0 Å². The number of nitrogens with zero attached hydrogens (tertiary/aromatic N) is 2. The molecule has 3 aliphatic rings. The van der Waals surface area contributed by atoms with Crippen molar-refractivity contribution < 1.29 is 39.5 Å². The van der Waals surface area contributed by atoms with Gasteiger partial charge in [0.25, 0.3) is 0 Å².